The van der Waals surface area contributed by atoms with Crippen molar-refractivity contribution in [2.24, 2.45) is 5.41 Å². The number of imidazole rings is 1. The molecule has 16 nitrogen and oxygen atoms in total. The topological polar surface area (TPSA) is 206 Å². The first-order valence-corrected chi connectivity index (χ1v) is 25.6. The molecule has 4 atom stereocenters. The number of amides is 5. The number of fused-ring (bicyclic) bond motifs is 2. The predicted octanol–water partition coefficient (Wildman–Crippen LogP) is 6.53. The number of thiazole rings is 1. The smallest absolute Gasteiger partial charge is 0.252 e. The lowest BCUT2D eigenvalue weighted by atomic mass is 9.85. The summed E-state index contributed by atoms with van der Waals surface area (Å²) >= 11 is 1.57. The minimum absolute atomic E-state index is 0.0105. The number of benzene rings is 3. The van der Waals surface area contributed by atoms with Gasteiger partial charge in [-0.05, 0) is 91.8 Å². The van der Waals surface area contributed by atoms with Crippen LogP contribution in [-0.4, -0.2) is 99.1 Å². The number of methoxy groups -OCH3 is 1. The molecule has 8 rings (SSSR count). The SMILES string of the molecule is COc1cc(C(=O)N[C@@H]2CCc3ccc(-c4cn5c(n4)CCC5)cc32)cc(OCCCNC(=O)CCCC(=O)N[C@H](C(=O)N2C[C@H](O)C[C@H]2C(=O)NCc2ccc(-c3scnc3C)cc2)C(C)(C)C)c1C. The predicted molar refractivity (Wildman–Crippen MR) is 271 cm³/mol. The van der Waals surface area contributed by atoms with E-state index in [-0.39, 0.29) is 69.1 Å². The monoisotopic (exact) mass is 986 g/mol. The van der Waals surface area contributed by atoms with Gasteiger partial charge in [-0.1, -0.05) is 57.2 Å². The Hall–Kier alpha value is -6.59. The third kappa shape index (κ3) is 12.1. The van der Waals surface area contributed by atoms with E-state index in [1.54, 1.807) is 30.6 Å². The lowest BCUT2D eigenvalue weighted by Gasteiger charge is -2.35. The molecule has 0 spiro atoms. The first-order valence-electron chi connectivity index (χ1n) is 24.7. The summed E-state index contributed by atoms with van der Waals surface area (Å²) in [6, 6.07) is 15.7. The molecule has 17 heteroatoms. The summed E-state index contributed by atoms with van der Waals surface area (Å²) in [5.74, 6) is 0.491. The third-order valence-electron chi connectivity index (χ3n) is 13.7. The molecular weight excluding hydrogens is 921 g/mol. The Balaban J connectivity index is 0.764. The second-order valence-corrected chi connectivity index (χ2v) is 20.8. The molecule has 1 fully saturated rings. The summed E-state index contributed by atoms with van der Waals surface area (Å²) in [4.78, 5) is 79.0. The highest BCUT2D eigenvalue weighted by Crippen LogP contribution is 2.36. The maximum absolute atomic E-state index is 14.1. The molecule has 0 unspecified atom stereocenters. The molecule has 1 saturated heterocycles. The number of β-amino-alcohol motifs (C(OH)–C–C–N with tert-alkyl or cyclic N) is 1. The van der Waals surface area contributed by atoms with Crippen LogP contribution in [0.25, 0.3) is 21.7 Å². The standard InChI is InChI=1S/C54H66N8O8S/c1-32-44(69-6)25-38(51(66)59-41-20-19-35-17-18-37(24-40(35)41)42-30-61-22-8-10-46(61)58-42)26-45(32)70-23-9-21-55-47(64)11-7-12-48(65)60-50(54(3,4)5)53(68)62-29-39(63)27-43(62)52(67)56-28-34-13-15-36(16-14-34)49-33(2)57-31-71-49/h13-18,24-26,30-31,39,41,43,50,63H,7-12,19-23,27-29H2,1-6H3,(H,55,64)(H,56,67)(H,59,66)(H,60,65)/t39-,41-,43+,50-/m1/s1. The second-order valence-electron chi connectivity index (χ2n) is 20.0. The van der Waals surface area contributed by atoms with Gasteiger partial charge in [-0.3, -0.25) is 24.0 Å². The third-order valence-corrected chi connectivity index (χ3v) is 14.7. The van der Waals surface area contributed by atoms with Gasteiger partial charge in [-0.25, -0.2) is 9.97 Å². The number of hydrogen-bond donors (Lipinski definition) is 5. The number of carbonyl (C=O) groups excluding carboxylic acids is 5. The van der Waals surface area contributed by atoms with Crippen molar-refractivity contribution in [3.05, 3.63) is 106 Å². The molecule has 376 valence electrons. The van der Waals surface area contributed by atoms with E-state index in [2.05, 4.69) is 55.2 Å². The van der Waals surface area contributed by atoms with Crippen LogP contribution in [0.5, 0.6) is 11.5 Å². The molecule has 0 saturated carbocycles. The van der Waals surface area contributed by atoms with Gasteiger partial charge in [0.05, 0.1) is 47.6 Å². The molecule has 0 radical (unpaired) electrons. The van der Waals surface area contributed by atoms with Gasteiger partial charge >= 0.3 is 0 Å². The van der Waals surface area contributed by atoms with Crippen molar-refractivity contribution in [3.63, 3.8) is 0 Å². The van der Waals surface area contributed by atoms with E-state index in [9.17, 15) is 29.1 Å². The molecule has 5 amide bonds. The van der Waals surface area contributed by atoms with Gasteiger partial charge < -0.3 is 45.3 Å². The largest absolute Gasteiger partial charge is 0.496 e. The van der Waals surface area contributed by atoms with Crippen LogP contribution in [0.2, 0.25) is 0 Å². The van der Waals surface area contributed by atoms with Crippen molar-refractivity contribution in [1.82, 2.24) is 40.7 Å². The summed E-state index contributed by atoms with van der Waals surface area (Å²) in [6.45, 7) is 11.1. The summed E-state index contributed by atoms with van der Waals surface area (Å²) in [5, 5.41) is 22.5. The molecule has 5 aromatic rings. The summed E-state index contributed by atoms with van der Waals surface area (Å²) in [6.07, 6.45) is 5.98. The summed E-state index contributed by atoms with van der Waals surface area (Å²) < 4.78 is 14.0. The van der Waals surface area contributed by atoms with Crippen molar-refractivity contribution >= 4 is 40.9 Å². The van der Waals surface area contributed by atoms with E-state index in [4.69, 9.17) is 14.5 Å². The fourth-order valence-corrected chi connectivity index (χ4v) is 10.5. The number of rotatable bonds is 19. The molecule has 3 aromatic carbocycles. The molecule has 5 N–H and O–H groups in total. The fourth-order valence-electron chi connectivity index (χ4n) is 9.70. The highest BCUT2D eigenvalue weighted by molar-refractivity contribution is 7.13. The van der Waals surface area contributed by atoms with Gasteiger partial charge in [0.15, 0.2) is 0 Å². The number of ether oxygens (including phenoxy) is 2. The molecule has 1 aliphatic carbocycles. The van der Waals surface area contributed by atoms with Crippen LogP contribution in [0.3, 0.4) is 0 Å². The first kappa shape index (κ1) is 50.8. The number of nitrogens with one attached hydrogen (secondary N) is 4. The van der Waals surface area contributed by atoms with E-state index in [0.29, 0.717) is 30.0 Å². The quantitative estimate of drug-likeness (QED) is 0.0566. The number of aromatic nitrogens is 3. The van der Waals surface area contributed by atoms with Crippen LogP contribution >= 0.6 is 11.3 Å². The first-order chi connectivity index (χ1) is 34.1. The molecule has 2 aliphatic heterocycles. The number of aliphatic hydroxyl groups is 1. The normalized spacial score (nSPS) is 17.6. The van der Waals surface area contributed by atoms with Crippen molar-refractivity contribution in [2.75, 3.05) is 26.8 Å². The zero-order valence-electron chi connectivity index (χ0n) is 41.6. The van der Waals surface area contributed by atoms with Crippen LogP contribution in [0.1, 0.15) is 116 Å². The average Bonchev–Trinajstić information content (AvgIpc) is 4.20. The van der Waals surface area contributed by atoms with Crippen LogP contribution in [-0.2, 0) is 45.1 Å². The van der Waals surface area contributed by atoms with Crippen molar-refractivity contribution in [1.29, 1.82) is 0 Å². The Morgan fingerprint density at radius 2 is 1.69 bits per heavy atom. The fraction of sp³-hybridized carbons (Fsp3) is 0.463. The van der Waals surface area contributed by atoms with Crippen molar-refractivity contribution < 1.29 is 38.6 Å². The summed E-state index contributed by atoms with van der Waals surface area (Å²) in [5.41, 5.74) is 9.50. The molecule has 3 aliphatic rings. The minimum Gasteiger partial charge on any atom is -0.496 e. The maximum Gasteiger partial charge on any atom is 0.252 e. The lowest BCUT2D eigenvalue weighted by Crippen LogP contribution is -2.57. The molecule has 0 bridgehead atoms. The Bertz CT molecular complexity index is 2740. The summed E-state index contributed by atoms with van der Waals surface area (Å²) in [7, 11) is 1.56. The van der Waals surface area contributed by atoms with E-state index >= 15 is 0 Å². The van der Waals surface area contributed by atoms with Gasteiger partial charge in [0, 0.05) is 74.7 Å². The van der Waals surface area contributed by atoms with Gasteiger partial charge in [0.25, 0.3) is 5.91 Å². The Labute approximate surface area is 419 Å². The Morgan fingerprint density at radius 1 is 0.930 bits per heavy atom. The minimum atomic E-state index is -0.974. The van der Waals surface area contributed by atoms with Gasteiger partial charge in [0.2, 0.25) is 23.6 Å². The molecule has 2 aromatic heterocycles. The number of likely N-dealkylation sites (tertiary alicyclic amines) is 1. The van der Waals surface area contributed by atoms with Crippen LogP contribution < -0.4 is 30.7 Å². The lowest BCUT2D eigenvalue weighted by molar-refractivity contribution is -0.144. The average molecular weight is 987 g/mol. The highest BCUT2D eigenvalue weighted by atomic mass is 32.1. The number of aryl methyl sites for hydroxylation is 4. The Morgan fingerprint density at radius 3 is 2.42 bits per heavy atom. The molecule has 4 heterocycles. The Kier molecular flexibility index (Phi) is 15.9. The van der Waals surface area contributed by atoms with Gasteiger partial charge in [-0.15, -0.1) is 11.3 Å². The number of carbonyl (C=O) groups is 5. The van der Waals surface area contributed by atoms with Crippen LogP contribution in [0, 0.1) is 19.3 Å². The van der Waals surface area contributed by atoms with Gasteiger partial charge in [-0.2, -0.15) is 0 Å². The highest BCUT2D eigenvalue weighted by Gasteiger charge is 2.44. The van der Waals surface area contributed by atoms with Crippen LogP contribution in [0.15, 0.2) is 66.3 Å². The van der Waals surface area contributed by atoms with E-state index in [0.717, 1.165) is 82.1 Å². The van der Waals surface area contributed by atoms with Crippen molar-refractivity contribution in [2.45, 2.75) is 130 Å². The van der Waals surface area contributed by atoms with Gasteiger partial charge in [0.1, 0.15) is 29.4 Å². The van der Waals surface area contributed by atoms with E-state index in [1.807, 2.05) is 64.4 Å². The van der Waals surface area contributed by atoms with E-state index < -0.39 is 35.4 Å². The maximum atomic E-state index is 14.1. The zero-order chi connectivity index (χ0) is 50.4. The second kappa shape index (κ2) is 22.2. The van der Waals surface area contributed by atoms with Crippen LogP contribution in [0.4, 0.5) is 0 Å². The van der Waals surface area contributed by atoms with Crippen molar-refractivity contribution in [3.8, 4) is 33.2 Å². The number of nitrogens with zero attached hydrogens (tertiary/aromatic N) is 4. The molecular formula is C54H66N8O8S. The molecule has 71 heavy (non-hydrogen) atoms. The number of hydrogen-bond acceptors (Lipinski definition) is 11. The number of aliphatic hydroxyl groups excluding tert-OH is 1. The van der Waals surface area contributed by atoms with E-state index in [1.165, 1.54) is 10.5 Å². The zero-order valence-corrected chi connectivity index (χ0v) is 42.4.